The first-order chi connectivity index (χ1) is 9.20. The predicted octanol–water partition coefficient (Wildman–Crippen LogP) is 1.38. The van der Waals surface area contributed by atoms with Crippen molar-refractivity contribution in [2.45, 2.75) is 32.9 Å². The highest BCUT2D eigenvalue weighted by Gasteiger charge is 2.08. The molecule has 0 fully saturated rings. The molecule has 1 atom stereocenters. The average molecular weight is 282 g/mol. The molecule has 0 aromatic rings. The van der Waals surface area contributed by atoms with E-state index in [0.29, 0.717) is 26.2 Å². The van der Waals surface area contributed by atoms with E-state index in [4.69, 9.17) is 9.47 Å². The molecule has 0 bridgehead atoms. The maximum absolute atomic E-state index is 13.3. The van der Waals surface area contributed by atoms with Crippen LogP contribution in [-0.2, 0) is 14.3 Å². The molecule has 6 heteroatoms. The van der Waals surface area contributed by atoms with Gasteiger partial charge in [0.1, 0.15) is 6.17 Å². The number of amides is 1. The van der Waals surface area contributed by atoms with Crippen LogP contribution in [0, 0.1) is 0 Å². The van der Waals surface area contributed by atoms with E-state index in [1.165, 1.54) is 0 Å². The van der Waals surface area contributed by atoms with E-state index in [2.05, 4.69) is 10.6 Å². The maximum atomic E-state index is 13.3. The first kappa shape index (κ1) is 18.3. The lowest BCUT2D eigenvalue weighted by molar-refractivity contribution is -0.121. The fourth-order valence-electron chi connectivity index (χ4n) is 1.35. The zero-order chi connectivity index (χ0) is 14.3. The Bertz CT molecular complexity index is 228. The topological polar surface area (TPSA) is 59.6 Å². The van der Waals surface area contributed by atoms with Crippen molar-refractivity contribution in [1.82, 2.24) is 10.6 Å². The molecule has 19 heavy (non-hydrogen) atoms. The molecule has 0 aliphatic carbocycles. The van der Waals surface area contributed by atoms with Gasteiger partial charge in [-0.2, -0.15) is 0 Å². The summed E-state index contributed by atoms with van der Waals surface area (Å²) < 4.78 is 23.7. The van der Waals surface area contributed by atoms with Crippen LogP contribution in [0.25, 0.3) is 0 Å². The van der Waals surface area contributed by atoms with Gasteiger partial charge in [-0.15, -0.1) is 0 Å². The van der Waals surface area contributed by atoms with Crippen molar-refractivity contribution in [2.24, 2.45) is 0 Å². The summed E-state index contributed by atoms with van der Waals surface area (Å²) in [4.78, 5) is 11.1. The van der Waals surface area contributed by atoms with Gasteiger partial charge in [0.05, 0.1) is 33.0 Å². The Hall–Kier alpha value is -0.720. The van der Waals surface area contributed by atoms with Crippen molar-refractivity contribution >= 4 is 5.91 Å². The third kappa shape index (κ3) is 13.5. The second-order valence-corrected chi connectivity index (χ2v) is 4.19. The number of carbonyl (C=O) groups is 1. The normalized spacial score (nSPS) is 12.4. The molecule has 0 saturated carbocycles. The van der Waals surface area contributed by atoms with Crippen LogP contribution in [0.1, 0.15) is 29.5 Å². The summed E-state index contributed by atoms with van der Waals surface area (Å²) >= 11 is 0. The van der Waals surface area contributed by atoms with Crippen LogP contribution in [0.2, 0.25) is 0 Å². The molecule has 0 aliphatic heterocycles. The van der Waals surface area contributed by atoms with Crippen LogP contribution in [-0.4, -0.2) is 58.1 Å². The van der Waals surface area contributed by atoms with E-state index in [0.717, 1.165) is 19.5 Å². The number of hydrogen-bond donors (Lipinski definition) is 2. The molecule has 0 saturated heterocycles. The summed E-state index contributed by atoms with van der Waals surface area (Å²) in [6, 6.07) is 0. The van der Waals surface area contributed by atoms with Crippen LogP contribution in [0.3, 0.4) is 0 Å². The van der Waals surface area contributed by atoms with Gasteiger partial charge >= 0.3 is 0 Å². The minimum atomic E-state index is -1.16. The number of hydrogen-bond acceptors (Lipinski definition) is 4. The van der Waals surface area contributed by atoms with Gasteiger partial charge in [-0.25, -0.2) is 4.39 Å². The quantitative estimate of drug-likeness (QED) is 0.501. The first-order valence-electron chi connectivity index (χ1n) is 6.97. The number of nitrogens with one attached hydrogen (secondary N) is 2. The van der Waals surface area contributed by atoms with Gasteiger partial charge in [0.15, 0.2) is 0 Å². The molecule has 1 amide bonds. The predicted molar refractivity (Wildman–Crippen MR) is 77.2 cm³/mol. The highest BCUT2D eigenvalue weighted by atomic mass is 19.1. The standard InChI is InChI=1S/C13H27FN2O3.2H2/c1-3-5-13(17)16-10-12(14)11-19-9-8-18-7-6-15-4-2;;/h12,15H,3-11H2,1-2H3,(H,16,17);2*1H. The molecule has 0 aromatic carbocycles. The van der Waals surface area contributed by atoms with Crippen molar-refractivity contribution in [1.29, 1.82) is 0 Å². The molecule has 2 N–H and O–H groups in total. The molecule has 0 spiro atoms. The Morgan fingerprint density at radius 2 is 2.00 bits per heavy atom. The Morgan fingerprint density at radius 1 is 1.26 bits per heavy atom. The number of likely N-dealkylation sites (N-methyl/N-ethyl adjacent to an activating group) is 1. The third-order valence-electron chi connectivity index (χ3n) is 2.34. The Morgan fingerprint density at radius 3 is 2.68 bits per heavy atom. The van der Waals surface area contributed by atoms with Crippen molar-refractivity contribution in [3.05, 3.63) is 0 Å². The van der Waals surface area contributed by atoms with Crippen molar-refractivity contribution in [2.75, 3.05) is 46.1 Å². The van der Waals surface area contributed by atoms with Crippen molar-refractivity contribution in [3.8, 4) is 0 Å². The van der Waals surface area contributed by atoms with E-state index in [1.807, 2.05) is 13.8 Å². The van der Waals surface area contributed by atoms with E-state index < -0.39 is 6.17 Å². The van der Waals surface area contributed by atoms with E-state index >= 15 is 0 Å². The lowest BCUT2D eigenvalue weighted by Gasteiger charge is -2.10. The van der Waals surface area contributed by atoms with Gasteiger partial charge in [-0.1, -0.05) is 13.8 Å². The molecule has 0 aliphatic rings. The Balaban J connectivity index is -0.00000162. The Kier molecular flexibility index (Phi) is 13.2. The van der Waals surface area contributed by atoms with Crippen LogP contribution < -0.4 is 10.6 Å². The minimum absolute atomic E-state index is 0. The largest absolute Gasteiger partial charge is 0.378 e. The average Bonchev–Trinajstić information content (AvgIpc) is 2.40. The fourth-order valence-corrected chi connectivity index (χ4v) is 1.35. The van der Waals surface area contributed by atoms with Gasteiger partial charge < -0.3 is 20.1 Å². The molecule has 118 valence electrons. The second-order valence-electron chi connectivity index (χ2n) is 4.19. The van der Waals surface area contributed by atoms with Gasteiger partial charge in [0.25, 0.3) is 0 Å². The Labute approximate surface area is 118 Å². The fraction of sp³-hybridized carbons (Fsp3) is 0.923. The van der Waals surface area contributed by atoms with Crippen LogP contribution in [0.4, 0.5) is 4.39 Å². The summed E-state index contributed by atoms with van der Waals surface area (Å²) in [7, 11) is 0. The molecule has 1 unspecified atom stereocenters. The molecule has 0 radical (unpaired) electrons. The van der Waals surface area contributed by atoms with Gasteiger partial charge in [-0.3, -0.25) is 4.79 Å². The third-order valence-corrected chi connectivity index (χ3v) is 2.34. The first-order valence-corrected chi connectivity index (χ1v) is 6.97. The van der Waals surface area contributed by atoms with Gasteiger partial charge in [0.2, 0.25) is 5.91 Å². The lowest BCUT2D eigenvalue weighted by Crippen LogP contribution is -2.32. The van der Waals surface area contributed by atoms with Gasteiger partial charge in [-0.05, 0) is 13.0 Å². The van der Waals surface area contributed by atoms with Gasteiger partial charge in [0, 0.05) is 15.8 Å². The highest BCUT2D eigenvalue weighted by molar-refractivity contribution is 5.75. The number of rotatable bonds is 13. The smallest absolute Gasteiger partial charge is 0.220 e. The number of halogens is 1. The van der Waals surface area contributed by atoms with Crippen molar-refractivity contribution < 1.29 is 21.5 Å². The number of carbonyl (C=O) groups excluding carboxylic acids is 1. The molecule has 0 aromatic heterocycles. The SMILES string of the molecule is CCCC(=O)NCC(F)COCCOCCNCC.[HH].[HH]. The second kappa shape index (κ2) is 13.7. The maximum Gasteiger partial charge on any atom is 0.220 e. The molecule has 0 rings (SSSR count). The van der Waals surface area contributed by atoms with Crippen LogP contribution in [0.15, 0.2) is 0 Å². The lowest BCUT2D eigenvalue weighted by atomic mass is 10.3. The summed E-state index contributed by atoms with van der Waals surface area (Å²) in [5.74, 6) is -0.114. The zero-order valence-corrected chi connectivity index (χ0v) is 12.0. The summed E-state index contributed by atoms with van der Waals surface area (Å²) in [6.45, 7) is 7.14. The van der Waals surface area contributed by atoms with E-state index in [1.54, 1.807) is 0 Å². The molecular weight excluding hydrogens is 251 g/mol. The van der Waals surface area contributed by atoms with E-state index in [-0.39, 0.29) is 21.9 Å². The zero-order valence-electron chi connectivity index (χ0n) is 12.0. The minimum Gasteiger partial charge on any atom is -0.378 e. The monoisotopic (exact) mass is 282 g/mol. The summed E-state index contributed by atoms with van der Waals surface area (Å²) in [5.41, 5.74) is 0. The van der Waals surface area contributed by atoms with Crippen LogP contribution >= 0.6 is 0 Å². The van der Waals surface area contributed by atoms with Crippen molar-refractivity contribution in [3.63, 3.8) is 0 Å². The molecular formula is C13H31FN2O3. The number of ether oxygens (including phenoxy) is 2. The summed E-state index contributed by atoms with van der Waals surface area (Å²) in [5, 5.41) is 5.65. The molecule has 5 nitrogen and oxygen atoms in total. The number of alkyl halides is 1. The summed E-state index contributed by atoms with van der Waals surface area (Å²) in [6.07, 6.45) is 0.0408. The highest BCUT2D eigenvalue weighted by Crippen LogP contribution is 1.92. The van der Waals surface area contributed by atoms with E-state index in [9.17, 15) is 9.18 Å². The molecule has 0 heterocycles. The van der Waals surface area contributed by atoms with Crippen LogP contribution in [0.5, 0.6) is 0 Å².